The van der Waals surface area contributed by atoms with Crippen LogP contribution in [0.15, 0.2) is 48.5 Å². The van der Waals surface area contributed by atoms with Crippen molar-refractivity contribution in [2.45, 2.75) is 13.3 Å². The summed E-state index contributed by atoms with van der Waals surface area (Å²) in [5.74, 6) is -0.273. The van der Waals surface area contributed by atoms with Gasteiger partial charge in [-0.2, -0.15) is 0 Å². The van der Waals surface area contributed by atoms with Crippen LogP contribution in [0, 0.1) is 6.92 Å². The van der Waals surface area contributed by atoms with E-state index in [1.165, 1.54) is 5.69 Å². The maximum absolute atomic E-state index is 12.1. The van der Waals surface area contributed by atoms with E-state index in [1.807, 2.05) is 49.4 Å². The topological polar surface area (TPSA) is 64.7 Å². The molecule has 0 saturated carbocycles. The predicted molar refractivity (Wildman–Crippen MR) is 113 cm³/mol. The summed E-state index contributed by atoms with van der Waals surface area (Å²) in [5, 5.41) is 5.67. The minimum Gasteiger partial charge on any atom is -0.369 e. The van der Waals surface area contributed by atoms with Crippen LogP contribution >= 0.6 is 0 Å². The van der Waals surface area contributed by atoms with Crippen molar-refractivity contribution in [3.8, 4) is 0 Å². The van der Waals surface area contributed by atoms with Crippen LogP contribution in [0.5, 0.6) is 0 Å². The zero-order valence-electron chi connectivity index (χ0n) is 16.6. The first-order chi connectivity index (χ1) is 13.5. The van der Waals surface area contributed by atoms with Crippen LogP contribution < -0.4 is 15.5 Å². The van der Waals surface area contributed by atoms with Gasteiger partial charge in [0.15, 0.2) is 0 Å². The first-order valence-electron chi connectivity index (χ1n) is 9.69. The summed E-state index contributed by atoms with van der Waals surface area (Å²) < 4.78 is 0. The Kier molecular flexibility index (Phi) is 6.66. The van der Waals surface area contributed by atoms with E-state index in [1.54, 1.807) is 6.07 Å². The third kappa shape index (κ3) is 5.57. The fourth-order valence-electron chi connectivity index (χ4n) is 3.22. The minimum absolute atomic E-state index is 0.114. The number of likely N-dealkylation sites (N-methyl/N-ethyl adjacent to an activating group) is 1. The highest BCUT2D eigenvalue weighted by atomic mass is 16.2. The average Bonchev–Trinajstić information content (AvgIpc) is 2.69. The molecular formula is C22H28N4O2. The maximum atomic E-state index is 12.1. The molecule has 148 valence electrons. The molecule has 6 heteroatoms. The lowest BCUT2D eigenvalue weighted by Gasteiger charge is -2.34. The predicted octanol–water partition coefficient (Wildman–Crippen LogP) is 2.51. The molecule has 0 bridgehead atoms. The fraction of sp³-hybridized carbons (Fsp3) is 0.364. The summed E-state index contributed by atoms with van der Waals surface area (Å²) >= 11 is 0. The number of carbonyl (C=O) groups excluding carboxylic acids is 2. The van der Waals surface area contributed by atoms with Gasteiger partial charge in [-0.25, -0.2) is 0 Å². The monoisotopic (exact) mass is 380 g/mol. The lowest BCUT2D eigenvalue weighted by molar-refractivity contribution is -0.116. The Morgan fingerprint density at radius 1 is 1.00 bits per heavy atom. The first-order valence-corrected chi connectivity index (χ1v) is 9.69. The molecule has 6 nitrogen and oxygen atoms in total. The Bertz CT molecular complexity index is 812. The van der Waals surface area contributed by atoms with Gasteiger partial charge in [0.1, 0.15) is 0 Å². The molecule has 1 aliphatic rings. The molecule has 0 spiro atoms. The summed E-state index contributed by atoms with van der Waals surface area (Å²) in [6, 6.07) is 15.3. The van der Waals surface area contributed by atoms with Gasteiger partial charge < -0.3 is 20.4 Å². The second-order valence-electron chi connectivity index (χ2n) is 7.26. The number of carbonyl (C=O) groups is 2. The standard InChI is InChI=1S/C22H28N4O2/c1-17-4-3-5-18(16-17)22(28)23-11-10-21(27)24-19-6-8-20(9-7-19)26-14-12-25(2)13-15-26/h3-9,16H,10-15H2,1-2H3,(H,23,28)(H,24,27). The van der Waals surface area contributed by atoms with E-state index < -0.39 is 0 Å². The number of anilines is 2. The lowest BCUT2D eigenvalue weighted by atomic mass is 10.1. The number of piperazine rings is 1. The highest BCUT2D eigenvalue weighted by Crippen LogP contribution is 2.19. The molecule has 0 aromatic heterocycles. The number of nitrogens with one attached hydrogen (secondary N) is 2. The lowest BCUT2D eigenvalue weighted by Crippen LogP contribution is -2.44. The molecule has 0 radical (unpaired) electrons. The van der Waals surface area contributed by atoms with E-state index >= 15 is 0 Å². The van der Waals surface area contributed by atoms with E-state index in [9.17, 15) is 9.59 Å². The fourth-order valence-corrected chi connectivity index (χ4v) is 3.22. The molecule has 1 fully saturated rings. The molecule has 0 atom stereocenters. The molecule has 1 aliphatic heterocycles. The summed E-state index contributed by atoms with van der Waals surface area (Å²) in [5.41, 5.74) is 3.59. The Morgan fingerprint density at radius 3 is 2.39 bits per heavy atom. The van der Waals surface area contributed by atoms with E-state index in [0.717, 1.165) is 37.4 Å². The third-order valence-electron chi connectivity index (χ3n) is 4.94. The zero-order chi connectivity index (χ0) is 19.9. The van der Waals surface area contributed by atoms with E-state index in [2.05, 4.69) is 27.5 Å². The van der Waals surface area contributed by atoms with Gasteiger partial charge in [0.25, 0.3) is 5.91 Å². The molecule has 1 saturated heterocycles. The van der Waals surface area contributed by atoms with Crippen LogP contribution in [0.4, 0.5) is 11.4 Å². The molecule has 2 aromatic rings. The molecular weight excluding hydrogens is 352 g/mol. The molecule has 0 unspecified atom stereocenters. The van der Waals surface area contributed by atoms with Gasteiger partial charge in [-0.05, 0) is 50.4 Å². The molecule has 28 heavy (non-hydrogen) atoms. The largest absolute Gasteiger partial charge is 0.369 e. The molecule has 0 aliphatic carbocycles. The zero-order valence-corrected chi connectivity index (χ0v) is 16.6. The highest BCUT2D eigenvalue weighted by Gasteiger charge is 2.14. The number of benzene rings is 2. The number of nitrogens with zero attached hydrogens (tertiary/aromatic N) is 2. The molecule has 2 N–H and O–H groups in total. The molecule has 3 rings (SSSR count). The minimum atomic E-state index is -0.159. The number of aryl methyl sites for hydroxylation is 1. The Labute approximate surface area is 166 Å². The number of amides is 2. The highest BCUT2D eigenvalue weighted by molar-refractivity contribution is 5.95. The van der Waals surface area contributed by atoms with Gasteiger partial charge in [-0.1, -0.05) is 17.7 Å². The number of hydrogen-bond acceptors (Lipinski definition) is 4. The van der Waals surface area contributed by atoms with Crippen molar-refractivity contribution in [3.05, 3.63) is 59.7 Å². The van der Waals surface area contributed by atoms with Gasteiger partial charge in [0, 0.05) is 56.1 Å². The van der Waals surface area contributed by atoms with Gasteiger partial charge in [0.2, 0.25) is 5.91 Å². The smallest absolute Gasteiger partial charge is 0.251 e. The quantitative estimate of drug-likeness (QED) is 0.808. The second kappa shape index (κ2) is 9.37. The number of rotatable bonds is 6. The molecule has 2 amide bonds. The van der Waals surface area contributed by atoms with Crippen LogP contribution in [0.25, 0.3) is 0 Å². The third-order valence-corrected chi connectivity index (χ3v) is 4.94. The van der Waals surface area contributed by atoms with Crippen molar-refractivity contribution in [1.29, 1.82) is 0 Å². The average molecular weight is 380 g/mol. The van der Waals surface area contributed by atoms with E-state index in [4.69, 9.17) is 0 Å². The van der Waals surface area contributed by atoms with Crippen molar-refractivity contribution >= 4 is 23.2 Å². The van der Waals surface area contributed by atoms with Crippen LogP contribution in [0.2, 0.25) is 0 Å². The maximum Gasteiger partial charge on any atom is 0.251 e. The van der Waals surface area contributed by atoms with E-state index in [-0.39, 0.29) is 18.2 Å². The normalized spacial score (nSPS) is 14.6. The van der Waals surface area contributed by atoms with Crippen molar-refractivity contribution in [3.63, 3.8) is 0 Å². The van der Waals surface area contributed by atoms with Crippen molar-refractivity contribution in [2.24, 2.45) is 0 Å². The van der Waals surface area contributed by atoms with E-state index in [0.29, 0.717) is 12.1 Å². The number of hydrogen-bond donors (Lipinski definition) is 2. The van der Waals surface area contributed by atoms with Crippen molar-refractivity contribution in [1.82, 2.24) is 10.2 Å². The second-order valence-corrected chi connectivity index (χ2v) is 7.26. The van der Waals surface area contributed by atoms with Gasteiger partial charge >= 0.3 is 0 Å². The molecule has 1 heterocycles. The summed E-state index contributed by atoms with van der Waals surface area (Å²) in [7, 11) is 2.14. The first kappa shape index (κ1) is 19.9. The van der Waals surface area contributed by atoms with Crippen LogP contribution in [-0.2, 0) is 4.79 Å². The summed E-state index contributed by atoms with van der Waals surface area (Å²) in [4.78, 5) is 28.9. The van der Waals surface area contributed by atoms with Gasteiger partial charge in [-0.15, -0.1) is 0 Å². The van der Waals surface area contributed by atoms with Crippen LogP contribution in [0.3, 0.4) is 0 Å². The Balaban J connectivity index is 1.42. The SMILES string of the molecule is Cc1cccc(C(=O)NCCC(=O)Nc2ccc(N3CCN(C)CC3)cc2)c1. The Morgan fingerprint density at radius 2 is 1.71 bits per heavy atom. The Hall–Kier alpha value is -2.86. The summed E-state index contributed by atoms with van der Waals surface area (Å²) in [6.07, 6.45) is 0.234. The summed E-state index contributed by atoms with van der Waals surface area (Å²) in [6.45, 7) is 6.41. The van der Waals surface area contributed by atoms with Crippen LogP contribution in [-0.4, -0.2) is 56.5 Å². The van der Waals surface area contributed by atoms with Gasteiger partial charge in [0.05, 0.1) is 0 Å². The van der Waals surface area contributed by atoms with Gasteiger partial charge in [-0.3, -0.25) is 9.59 Å². The van der Waals surface area contributed by atoms with Crippen LogP contribution in [0.1, 0.15) is 22.3 Å². The van der Waals surface area contributed by atoms with Crippen molar-refractivity contribution < 1.29 is 9.59 Å². The molecule has 2 aromatic carbocycles. The van der Waals surface area contributed by atoms with Crippen molar-refractivity contribution in [2.75, 3.05) is 50.0 Å².